The largest absolute Gasteiger partial charge is 0.493 e. The molecule has 6 heteroatoms. The number of thioether (sulfide) groups is 1. The zero-order valence-corrected chi connectivity index (χ0v) is 16.9. The number of aryl methyl sites for hydroxylation is 2. The lowest BCUT2D eigenvalue weighted by Crippen LogP contribution is -2.17. The predicted molar refractivity (Wildman–Crippen MR) is 114 cm³/mol. The molecular weight excluding hydrogens is 378 g/mol. The minimum Gasteiger partial charge on any atom is -0.493 e. The summed E-state index contributed by atoms with van der Waals surface area (Å²) in [5.74, 6) is 1.51. The molecule has 0 atom stereocenters. The van der Waals surface area contributed by atoms with Gasteiger partial charge in [-0.1, -0.05) is 42.2 Å². The monoisotopic (exact) mass is 399 g/mol. The van der Waals surface area contributed by atoms with Gasteiger partial charge in [0.1, 0.15) is 15.8 Å². The third-order valence-corrected chi connectivity index (χ3v) is 4.98. The highest BCUT2D eigenvalue weighted by atomic mass is 32.2. The maximum atomic E-state index is 11.7. The van der Waals surface area contributed by atoms with E-state index in [1.54, 1.807) is 0 Å². The highest BCUT2D eigenvalue weighted by Gasteiger charge is 2.21. The summed E-state index contributed by atoms with van der Waals surface area (Å²) in [6.07, 6.45) is 2.60. The van der Waals surface area contributed by atoms with Crippen LogP contribution in [0.25, 0.3) is 6.08 Å². The van der Waals surface area contributed by atoms with Gasteiger partial charge < -0.3 is 14.8 Å². The van der Waals surface area contributed by atoms with Gasteiger partial charge in [-0.25, -0.2) is 0 Å². The second-order valence-electron chi connectivity index (χ2n) is 6.30. The summed E-state index contributed by atoms with van der Waals surface area (Å²) in [4.78, 5) is 12.3. The van der Waals surface area contributed by atoms with Crippen LogP contribution in [0.4, 0.5) is 0 Å². The molecule has 27 heavy (non-hydrogen) atoms. The van der Waals surface area contributed by atoms with Crippen LogP contribution in [0, 0.1) is 13.8 Å². The number of amides is 1. The summed E-state index contributed by atoms with van der Waals surface area (Å²) in [5, 5.41) is 2.61. The summed E-state index contributed by atoms with van der Waals surface area (Å²) >= 11 is 6.27. The van der Waals surface area contributed by atoms with E-state index < -0.39 is 0 Å². The van der Waals surface area contributed by atoms with Crippen molar-refractivity contribution in [2.75, 3.05) is 13.2 Å². The quantitative estimate of drug-likeness (QED) is 0.418. The van der Waals surface area contributed by atoms with Gasteiger partial charge in [-0.05, 0) is 60.9 Å². The first-order valence-corrected chi connectivity index (χ1v) is 9.91. The molecule has 140 valence electrons. The Kier molecular flexibility index (Phi) is 6.53. The zero-order chi connectivity index (χ0) is 19.2. The Hall–Kier alpha value is -2.31. The lowest BCUT2D eigenvalue weighted by molar-refractivity contribution is -0.115. The number of carbonyl (C=O) groups excluding carboxylic acids is 1. The van der Waals surface area contributed by atoms with Crippen molar-refractivity contribution < 1.29 is 14.3 Å². The smallest absolute Gasteiger partial charge is 0.263 e. The van der Waals surface area contributed by atoms with Gasteiger partial charge in [-0.15, -0.1) is 0 Å². The number of ether oxygens (including phenoxy) is 2. The molecule has 1 amide bonds. The van der Waals surface area contributed by atoms with E-state index in [0.717, 1.165) is 23.5 Å². The van der Waals surface area contributed by atoms with Gasteiger partial charge >= 0.3 is 0 Å². The van der Waals surface area contributed by atoms with Crippen LogP contribution in [0.15, 0.2) is 47.4 Å². The third-order valence-electron chi connectivity index (χ3n) is 3.82. The Balaban J connectivity index is 1.48. The molecule has 0 aromatic heterocycles. The molecule has 0 saturated carbocycles. The minimum absolute atomic E-state index is 0.153. The molecule has 1 fully saturated rings. The van der Waals surface area contributed by atoms with Crippen LogP contribution in [-0.2, 0) is 4.79 Å². The summed E-state index contributed by atoms with van der Waals surface area (Å²) in [6, 6.07) is 13.8. The molecule has 1 saturated heterocycles. The van der Waals surface area contributed by atoms with E-state index in [9.17, 15) is 4.79 Å². The van der Waals surface area contributed by atoms with Gasteiger partial charge in [0.15, 0.2) is 0 Å². The van der Waals surface area contributed by atoms with Crippen molar-refractivity contribution in [1.82, 2.24) is 5.32 Å². The molecule has 1 N–H and O–H groups in total. The number of rotatable bonds is 7. The second kappa shape index (κ2) is 9.06. The third kappa shape index (κ3) is 5.84. The Bertz CT molecular complexity index is 872. The van der Waals surface area contributed by atoms with Gasteiger partial charge in [0.25, 0.3) is 5.91 Å². The highest BCUT2D eigenvalue weighted by Crippen LogP contribution is 2.26. The van der Waals surface area contributed by atoms with Crippen LogP contribution >= 0.6 is 24.0 Å². The van der Waals surface area contributed by atoms with E-state index in [1.165, 1.54) is 22.9 Å². The van der Waals surface area contributed by atoms with E-state index >= 15 is 0 Å². The molecular formula is C21H21NO3S2. The molecule has 2 aromatic rings. The first-order chi connectivity index (χ1) is 13.0. The highest BCUT2D eigenvalue weighted by molar-refractivity contribution is 8.26. The van der Waals surface area contributed by atoms with Crippen LogP contribution in [0.5, 0.6) is 11.5 Å². The molecule has 0 spiro atoms. The summed E-state index contributed by atoms with van der Waals surface area (Å²) in [5.41, 5.74) is 3.30. The first-order valence-electron chi connectivity index (χ1n) is 8.68. The molecule has 4 nitrogen and oxygen atoms in total. The Morgan fingerprint density at radius 2 is 1.74 bits per heavy atom. The molecule has 0 bridgehead atoms. The second-order valence-corrected chi connectivity index (χ2v) is 8.02. The predicted octanol–water partition coefficient (Wildman–Crippen LogP) is 4.64. The number of benzene rings is 2. The molecule has 1 aliphatic rings. The summed E-state index contributed by atoms with van der Waals surface area (Å²) in [7, 11) is 0. The maximum Gasteiger partial charge on any atom is 0.263 e. The van der Waals surface area contributed by atoms with E-state index in [-0.39, 0.29) is 5.91 Å². The van der Waals surface area contributed by atoms with Crippen molar-refractivity contribution in [3.63, 3.8) is 0 Å². The van der Waals surface area contributed by atoms with Gasteiger partial charge in [0.05, 0.1) is 18.1 Å². The fourth-order valence-corrected chi connectivity index (χ4v) is 3.77. The number of nitrogens with one attached hydrogen (secondary N) is 1. The number of hydrogen-bond acceptors (Lipinski definition) is 5. The molecule has 2 aromatic carbocycles. The van der Waals surface area contributed by atoms with Crippen molar-refractivity contribution in [3.8, 4) is 11.5 Å². The van der Waals surface area contributed by atoms with Crippen molar-refractivity contribution >= 4 is 40.3 Å². The normalized spacial score (nSPS) is 15.1. The van der Waals surface area contributed by atoms with E-state index in [2.05, 4.69) is 25.2 Å². The standard InChI is InChI=1S/C21H21NO3S2/c1-14-9-15(2)11-18(10-14)25-8-4-7-24-17-6-3-5-16(12-17)13-19-20(23)22-21(26)27-19/h3,5-6,9-13H,4,7-8H2,1-2H3,(H,22,23,26)/b19-13+. The molecule has 0 radical (unpaired) electrons. The molecule has 1 heterocycles. The minimum atomic E-state index is -0.153. The van der Waals surface area contributed by atoms with Crippen LogP contribution in [-0.4, -0.2) is 23.4 Å². The molecule has 0 aliphatic carbocycles. The van der Waals surface area contributed by atoms with Crippen molar-refractivity contribution in [2.45, 2.75) is 20.3 Å². The Morgan fingerprint density at radius 1 is 1.04 bits per heavy atom. The molecule has 3 rings (SSSR count). The molecule has 0 unspecified atom stereocenters. The van der Waals surface area contributed by atoms with Gasteiger partial charge in [-0.3, -0.25) is 4.79 Å². The molecule has 1 aliphatic heterocycles. The average molecular weight is 400 g/mol. The number of thiocarbonyl (C=S) groups is 1. The van der Waals surface area contributed by atoms with Gasteiger partial charge in [0, 0.05) is 6.42 Å². The SMILES string of the molecule is Cc1cc(C)cc(OCCCOc2cccc(/C=C3/SC(=S)NC3=O)c2)c1. The van der Waals surface area contributed by atoms with Gasteiger partial charge in [0.2, 0.25) is 0 Å². The van der Waals surface area contributed by atoms with E-state index in [4.69, 9.17) is 21.7 Å². The van der Waals surface area contributed by atoms with Crippen LogP contribution in [0.3, 0.4) is 0 Å². The van der Waals surface area contributed by atoms with Crippen LogP contribution in [0.1, 0.15) is 23.1 Å². The topological polar surface area (TPSA) is 47.6 Å². The Labute approximate surface area is 168 Å². The Morgan fingerprint density at radius 3 is 2.41 bits per heavy atom. The van der Waals surface area contributed by atoms with Crippen molar-refractivity contribution in [3.05, 3.63) is 64.1 Å². The maximum absolute atomic E-state index is 11.7. The number of hydrogen-bond donors (Lipinski definition) is 1. The van der Waals surface area contributed by atoms with Crippen molar-refractivity contribution in [2.24, 2.45) is 0 Å². The summed E-state index contributed by atoms with van der Waals surface area (Å²) in [6.45, 7) is 5.28. The lowest BCUT2D eigenvalue weighted by Gasteiger charge is -2.10. The fourth-order valence-electron chi connectivity index (χ4n) is 2.72. The zero-order valence-electron chi connectivity index (χ0n) is 15.3. The van der Waals surface area contributed by atoms with E-state index in [1.807, 2.05) is 42.5 Å². The summed E-state index contributed by atoms with van der Waals surface area (Å²) < 4.78 is 12.1. The first kappa shape index (κ1) is 19.5. The van der Waals surface area contributed by atoms with E-state index in [0.29, 0.717) is 22.4 Å². The number of carbonyl (C=O) groups is 1. The fraction of sp³-hybridized carbons (Fsp3) is 0.238. The van der Waals surface area contributed by atoms with Crippen LogP contribution < -0.4 is 14.8 Å². The lowest BCUT2D eigenvalue weighted by atomic mass is 10.1. The van der Waals surface area contributed by atoms with Crippen molar-refractivity contribution in [1.29, 1.82) is 0 Å². The van der Waals surface area contributed by atoms with Crippen LogP contribution in [0.2, 0.25) is 0 Å². The van der Waals surface area contributed by atoms with Gasteiger partial charge in [-0.2, -0.15) is 0 Å². The average Bonchev–Trinajstić information content (AvgIpc) is 2.91.